The minimum atomic E-state index is -0.891. The Labute approximate surface area is 75.1 Å². The number of hydrogen-bond acceptors (Lipinski definition) is 3. The molecule has 0 radical (unpaired) electrons. The van der Waals surface area contributed by atoms with Gasteiger partial charge in [-0.1, -0.05) is 18.2 Å². The quantitative estimate of drug-likeness (QED) is 0.653. The van der Waals surface area contributed by atoms with E-state index in [9.17, 15) is 9.18 Å². The standard InChI is InChI=1S/C9H9FO3/c10-6-13-9-4-2-1-3-8(9)5-12-7-11/h1-4,7H,5-6H2. The van der Waals surface area contributed by atoms with Gasteiger partial charge in [0.15, 0.2) is 0 Å². The lowest BCUT2D eigenvalue weighted by Crippen LogP contribution is -1.97. The van der Waals surface area contributed by atoms with E-state index in [1.54, 1.807) is 24.3 Å². The van der Waals surface area contributed by atoms with Crippen LogP contribution in [0.3, 0.4) is 0 Å². The van der Waals surface area contributed by atoms with Crippen molar-refractivity contribution in [3.05, 3.63) is 29.8 Å². The minimum absolute atomic E-state index is 0.0969. The van der Waals surface area contributed by atoms with E-state index in [1.165, 1.54) is 0 Å². The molecule has 13 heavy (non-hydrogen) atoms. The summed E-state index contributed by atoms with van der Waals surface area (Å²) in [7, 11) is 0. The Bertz CT molecular complexity index is 275. The molecule has 0 aliphatic rings. The summed E-state index contributed by atoms with van der Waals surface area (Å²) in [5, 5.41) is 0. The Morgan fingerprint density at radius 1 is 1.38 bits per heavy atom. The minimum Gasteiger partial charge on any atom is -0.463 e. The Kier molecular flexibility index (Phi) is 3.75. The normalized spacial score (nSPS) is 9.31. The van der Waals surface area contributed by atoms with E-state index in [4.69, 9.17) is 0 Å². The van der Waals surface area contributed by atoms with Crippen LogP contribution in [0.1, 0.15) is 5.56 Å². The second kappa shape index (κ2) is 5.13. The third-order valence-corrected chi connectivity index (χ3v) is 1.49. The molecular weight excluding hydrogens is 175 g/mol. The highest BCUT2D eigenvalue weighted by molar-refractivity contribution is 5.39. The summed E-state index contributed by atoms with van der Waals surface area (Å²) in [5.74, 6) is 0.395. The number of ether oxygens (including phenoxy) is 2. The molecule has 0 spiro atoms. The van der Waals surface area contributed by atoms with Crippen LogP contribution in [-0.2, 0) is 16.1 Å². The van der Waals surface area contributed by atoms with E-state index >= 15 is 0 Å². The molecule has 0 aliphatic heterocycles. The van der Waals surface area contributed by atoms with E-state index in [1.807, 2.05) is 0 Å². The Hall–Kier alpha value is -1.58. The molecule has 0 unspecified atom stereocenters. The van der Waals surface area contributed by atoms with Gasteiger partial charge in [-0.2, -0.15) is 0 Å². The largest absolute Gasteiger partial charge is 0.463 e. The van der Waals surface area contributed by atoms with Crippen molar-refractivity contribution in [2.75, 3.05) is 6.86 Å². The van der Waals surface area contributed by atoms with Crippen LogP contribution in [0, 0.1) is 0 Å². The van der Waals surface area contributed by atoms with Crippen LogP contribution in [0.5, 0.6) is 5.75 Å². The first kappa shape index (κ1) is 9.51. The van der Waals surface area contributed by atoms with Crippen LogP contribution < -0.4 is 4.74 Å². The van der Waals surface area contributed by atoms with Gasteiger partial charge in [-0.3, -0.25) is 4.79 Å². The fourth-order valence-corrected chi connectivity index (χ4v) is 0.946. The third-order valence-electron chi connectivity index (χ3n) is 1.49. The monoisotopic (exact) mass is 184 g/mol. The number of benzene rings is 1. The predicted octanol–water partition coefficient (Wildman–Crippen LogP) is 1.67. The predicted molar refractivity (Wildman–Crippen MR) is 43.9 cm³/mol. The molecule has 0 heterocycles. The Morgan fingerprint density at radius 2 is 2.15 bits per heavy atom. The maximum atomic E-state index is 11.8. The average Bonchev–Trinajstić information content (AvgIpc) is 2.17. The highest BCUT2D eigenvalue weighted by Gasteiger charge is 2.01. The molecule has 0 fully saturated rings. The number of hydrogen-bond donors (Lipinski definition) is 0. The molecule has 0 N–H and O–H groups in total. The van der Waals surface area contributed by atoms with Crippen molar-refractivity contribution in [1.29, 1.82) is 0 Å². The number of halogens is 1. The summed E-state index contributed by atoms with van der Waals surface area (Å²) in [5.41, 5.74) is 0.646. The van der Waals surface area contributed by atoms with Gasteiger partial charge >= 0.3 is 0 Å². The molecule has 0 saturated carbocycles. The smallest absolute Gasteiger partial charge is 0.293 e. The summed E-state index contributed by atoms with van der Waals surface area (Å²) in [4.78, 5) is 9.91. The lowest BCUT2D eigenvalue weighted by Gasteiger charge is -2.06. The van der Waals surface area contributed by atoms with E-state index in [0.717, 1.165) is 0 Å². The summed E-state index contributed by atoms with van der Waals surface area (Å²) in [6.45, 7) is -0.454. The number of carbonyl (C=O) groups is 1. The maximum absolute atomic E-state index is 11.8. The number of rotatable bonds is 5. The zero-order valence-corrected chi connectivity index (χ0v) is 6.90. The van der Waals surface area contributed by atoms with Gasteiger partial charge in [-0.15, -0.1) is 0 Å². The van der Waals surface area contributed by atoms with Crippen molar-refractivity contribution in [3.8, 4) is 5.75 Å². The van der Waals surface area contributed by atoms with Gasteiger partial charge in [-0.25, -0.2) is 4.39 Å². The molecule has 0 saturated heterocycles. The van der Waals surface area contributed by atoms with Gasteiger partial charge in [0.25, 0.3) is 6.47 Å². The first-order valence-electron chi connectivity index (χ1n) is 3.70. The van der Waals surface area contributed by atoms with E-state index in [0.29, 0.717) is 17.8 Å². The van der Waals surface area contributed by atoms with Crippen LogP contribution >= 0.6 is 0 Å². The first-order valence-corrected chi connectivity index (χ1v) is 3.70. The molecule has 3 nitrogen and oxygen atoms in total. The molecule has 0 aliphatic carbocycles. The fourth-order valence-electron chi connectivity index (χ4n) is 0.946. The second-order valence-electron chi connectivity index (χ2n) is 2.27. The van der Waals surface area contributed by atoms with Gasteiger partial charge in [-0.05, 0) is 6.07 Å². The zero-order valence-electron chi connectivity index (χ0n) is 6.90. The van der Waals surface area contributed by atoms with Crippen LogP contribution in [0.15, 0.2) is 24.3 Å². The van der Waals surface area contributed by atoms with Crippen molar-refractivity contribution in [1.82, 2.24) is 0 Å². The van der Waals surface area contributed by atoms with Crippen molar-refractivity contribution in [2.24, 2.45) is 0 Å². The van der Waals surface area contributed by atoms with Gasteiger partial charge in [0.2, 0.25) is 6.86 Å². The molecule has 1 aromatic carbocycles. The van der Waals surface area contributed by atoms with Crippen LogP contribution in [0.25, 0.3) is 0 Å². The SMILES string of the molecule is O=COCc1ccccc1OCF. The summed E-state index contributed by atoms with van der Waals surface area (Å²) in [6, 6.07) is 6.79. The molecule has 0 amide bonds. The molecular formula is C9H9FO3. The molecule has 0 bridgehead atoms. The summed E-state index contributed by atoms with van der Waals surface area (Å²) >= 11 is 0. The number of carbonyl (C=O) groups excluding carboxylic acids is 1. The lowest BCUT2D eigenvalue weighted by molar-refractivity contribution is -0.129. The van der Waals surface area contributed by atoms with Crippen molar-refractivity contribution in [2.45, 2.75) is 6.61 Å². The van der Waals surface area contributed by atoms with Gasteiger partial charge < -0.3 is 9.47 Å². The zero-order chi connectivity index (χ0) is 9.52. The molecule has 70 valence electrons. The Morgan fingerprint density at radius 3 is 2.85 bits per heavy atom. The molecule has 1 rings (SSSR count). The van der Waals surface area contributed by atoms with Gasteiger partial charge in [0.1, 0.15) is 12.4 Å². The summed E-state index contributed by atoms with van der Waals surface area (Å²) < 4.78 is 21.0. The lowest BCUT2D eigenvalue weighted by atomic mass is 10.2. The van der Waals surface area contributed by atoms with Crippen molar-refractivity contribution in [3.63, 3.8) is 0 Å². The third kappa shape index (κ3) is 2.74. The Balaban J connectivity index is 2.71. The van der Waals surface area contributed by atoms with E-state index in [2.05, 4.69) is 9.47 Å². The highest BCUT2D eigenvalue weighted by Crippen LogP contribution is 2.18. The van der Waals surface area contributed by atoms with E-state index < -0.39 is 6.86 Å². The topological polar surface area (TPSA) is 35.5 Å². The highest BCUT2D eigenvalue weighted by atomic mass is 19.1. The van der Waals surface area contributed by atoms with Gasteiger partial charge in [0, 0.05) is 5.56 Å². The van der Waals surface area contributed by atoms with Gasteiger partial charge in [0.05, 0.1) is 0 Å². The molecule has 4 heteroatoms. The number of alkyl halides is 1. The van der Waals surface area contributed by atoms with Crippen LogP contribution in [-0.4, -0.2) is 13.3 Å². The molecule has 0 aromatic heterocycles. The molecule has 0 atom stereocenters. The fraction of sp³-hybridized carbons (Fsp3) is 0.222. The summed E-state index contributed by atoms with van der Waals surface area (Å²) in [6.07, 6.45) is 0. The first-order chi connectivity index (χ1) is 6.38. The van der Waals surface area contributed by atoms with E-state index in [-0.39, 0.29) is 6.61 Å². The van der Waals surface area contributed by atoms with Crippen LogP contribution in [0.4, 0.5) is 4.39 Å². The maximum Gasteiger partial charge on any atom is 0.293 e. The number of para-hydroxylation sites is 1. The average molecular weight is 184 g/mol. The molecule has 1 aromatic rings. The second-order valence-corrected chi connectivity index (χ2v) is 2.27. The van der Waals surface area contributed by atoms with Crippen molar-refractivity contribution < 1.29 is 18.7 Å². The van der Waals surface area contributed by atoms with Crippen molar-refractivity contribution >= 4 is 6.47 Å². The van der Waals surface area contributed by atoms with Crippen LogP contribution in [0.2, 0.25) is 0 Å².